The van der Waals surface area contributed by atoms with Crippen LogP contribution in [0.3, 0.4) is 0 Å². The highest BCUT2D eigenvalue weighted by atomic mass is 16.3. The fourth-order valence-corrected chi connectivity index (χ4v) is 2.92. The van der Waals surface area contributed by atoms with E-state index in [4.69, 9.17) is 0 Å². The first kappa shape index (κ1) is 14.8. The quantitative estimate of drug-likeness (QED) is 0.811. The Morgan fingerprint density at radius 1 is 1.55 bits per heavy atom. The third-order valence-electron chi connectivity index (χ3n) is 4.22. The van der Waals surface area contributed by atoms with E-state index in [1.807, 2.05) is 31.2 Å². The molecule has 1 aliphatic rings. The Labute approximate surface area is 129 Å². The smallest absolute Gasteiger partial charge is 0.317 e. The number of urea groups is 1. The standard InChI is InChI=1S/C16H22N4O2/c1-11(15-18-13-6-2-3-7-14(13)19-15)17-16(22)20-8-4-5-12(9-20)10-21/h2-3,6-7,11-12,21H,4-5,8-10H2,1H3,(H,17,22)(H,18,19). The number of carbonyl (C=O) groups excluding carboxylic acids is 1. The molecule has 1 fully saturated rings. The van der Waals surface area contributed by atoms with Gasteiger partial charge in [-0.3, -0.25) is 0 Å². The van der Waals surface area contributed by atoms with Gasteiger partial charge in [-0.1, -0.05) is 12.1 Å². The van der Waals surface area contributed by atoms with Gasteiger partial charge in [0.05, 0.1) is 17.1 Å². The minimum atomic E-state index is -0.186. The molecule has 3 rings (SSSR count). The number of benzene rings is 1. The number of nitrogens with zero attached hydrogens (tertiary/aromatic N) is 2. The van der Waals surface area contributed by atoms with Crippen molar-refractivity contribution < 1.29 is 9.90 Å². The molecule has 1 aromatic carbocycles. The number of hydrogen-bond donors (Lipinski definition) is 3. The molecule has 0 saturated carbocycles. The lowest BCUT2D eigenvalue weighted by molar-refractivity contribution is 0.128. The van der Waals surface area contributed by atoms with Gasteiger partial charge in [-0.15, -0.1) is 0 Å². The first-order valence-corrected chi connectivity index (χ1v) is 7.78. The molecule has 1 saturated heterocycles. The van der Waals surface area contributed by atoms with Gasteiger partial charge in [0.2, 0.25) is 0 Å². The van der Waals surface area contributed by atoms with Gasteiger partial charge >= 0.3 is 6.03 Å². The fourth-order valence-electron chi connectivity index (χ4n) is 2.92. The number of hydrogen-bond acceptors (Lipinski definition) is 3. The average molecular weight is 302 g/mol. The molecule has 1 aromatic heterocycles. The number of fused-ring (bicyclic) bond motifs is 1. The lowest BCUT2D eigenvalue weighted by atomic mass is 9.99. The number of piperidine rings is 1. The maximum absolute atomic E-state index is 12.4. The first-order chi connectivity index (χ1) is 10.7. The summed E-state index contributed by atoms with van der Waals surface area (Å²) in [6.45, 7) is 3.43. The van der Waals surface area contributed by atoms with E-state index >= 15 is 0 Å². The molecule has 0 aliphatic carbocycles. The van der Waals surface area contributed by atoms with Crippen LogP contribution in [0.25, 0.3) is 11.0 Å². The van der Waals surface area contributed by atoms with Crippen LogP contribution in [0, 0.1) is 5.92 Å². The van der Waals surface area contributed by atoms with Gasteiger partial charge in [0, 0.05) is 19.7 Å². The van der Waals surface area contributed by atoms with Crippen LogP contribution >= 0.6 is 0 Å². The van der Waals surface area contributed by atoms with Gasteiger partial charge in [-0.25, -0.2) is 9.78 Å². The molecule has 6 heteroatoms. The van der Waals surface area contributed by atoms with Gasteiger partial charge in [0.1, 0.15) is 5.82 Å². The summed E-state index contributed by atoms with van der Waals surface area (Å²) in [5.74, 6) is 0.950. The number of aliphatic hydroxyl groups is 1. The number of likely N-dealkylation sites (tertiary alicyclic amines) is 1. The van der Waals surface area contributed by atoms with Gasteiger partial charge in [0.15, 0.2) is 0 Å². The zero-order chi connectivity index (χ0) is 15.5. The lowest BCUT2D eigenvalue weighted by Crippen LogP contribution is -2.46. The highest BCUT2D eigenvalue weighted by molar-refractivity contribution is 5.76. The van der Waals surface area contributed by atoms with E-state index in [2.05, 4.69) is 15.3 Å². The van der Waals surface area contributed by atoms with Crippen molar-refractivity contribution in [3.8, 4) is 0 Å². The maximum Gasteiger partial charge on any atom is 0.317 e. The molecule has 2 atom stereocenters. The molecular formula is C16H22N4O2. The second-order valence-electron chi connectivity index (χ2n) is 5.95. The number of carbonyl (C=O) groups is 1. The minimum absolute atomic E-state index is 0.0916. The molecule has 118 valence electrons. The number of para-hydroxylation sites is 2. The SMILES string of the molecule is CC(NC(=O)N1CCCC(CO)C1)c1nc2ccccc2[nH]1. The van der Waals surface area contributed by atoms with E-state index in [-0.39, 0.29) is 24.6 Å². The average Bonchev–Trinajstić information content (AvgIpc) is 2.99. The predicted molar refractivity (Wildman–Crippen MR) is 84.4 cm³/mol. The van der Waals surface area contributed by atoms with Crippen LogP contribution in [0.15, 0.2) is 24.3 Å². The van der Waals surface area contributed by atoms with Crippen molar-refractivity contribution in [3.63, 3.8) is 0 Å². The summed E-state index contributed by atoms with van der Waals surface area (Å²) in [5, 5.41) is 12.2. The highest BCUT2D eigenvalue weighted by Crippen LogP contribution is 2.18. The van der Waals surface area contributed by atoms with E-state index in [0.717, 1.165) is 36.2 Å². The largest absolute Gasteiger partial charge is 0.396 e. The van der Waals surface area contributed by atoms with Crippen molar-refractivity contribution in [1.82, 2.24) is 20.2 Å². The Balaban J connectivity index is 1.65. The summed E-state index contributed by atoms with van der Waals surface area (Å²) in [4.78, 5) is 21.9. The number of rotatable bonds is 3. The Bertz CT molecular complexity index is 621. The third-order valence-corrected chi connectivity index (χ3v) is 4.22. The molecule has 2 heterocycles. The van der Waals surface area contributed by atoms with Crippen molar-refractivity contribution in [2.24, 2.45) is 5.92 Å². The number of imidazole rings is 1. The number of aromatic amines is 1. The summed E-state index contributed by atoms with van der Waals surface area (Å²) in [7, 11) is 0. The van der Waals surface area contributed by atoms with E-state index < -0.39 is 0 Å². The van der Waals surface area contributed by atoms with Gasteiger partial charge in [0.25, 0.3) is 0 Å². The zero-order valence-electron chi connectivity index (χ0n) is 12.7. The summed E-state index contributed by atoms with van der Waals surface area (Å²) in [5.41, 5.74) is 1.87. The van der Waals surface area contributed by atoms with Crippen molar-refractivity contribution in [3.05, 3.63) is 30.1 Å². The van der Waals surface area contributed by atoms with Crippen LogP contribution in [-0.4, -0.2) is 45.7 Å². The highest BCUT2D eigenvalue weighted by Gasteiger charge is 2.24. The molecular weight excluding hydrogens is 280 g/mol. The molecule has 0 bridgehead atoms. The number of H-pyrrole nitrogens is 1. The van der Waals surface area contributed by atoms with Crippen molar-refractivity contribution in [2.75, 3.05) is 19.7 Å². The Kier molecular flexibility index (Phi) is 4.29. The van der Waals surface area contributed by atoms with Crippen molar-refractivity contribution >= 4 is 17.1 Å². The molecule has 2 amide bonds. The van der Waals surface area contributed by atoms with Crippen LogP contribution in [0.2, 0.25) is 0 Å². The Hall–Kier alpha value is -2.08. The van der Waals surface area contributed by atoms with E-state index in [9.17, 15) is 9.90 Å². The van der Waals surface area contributed by atoms with Crippen molar-refractivity contribution in [1.29, 1.82) is 0 Å². The summed E-state index contributed by atoms with van der Waals surface area (Å²) >= 11 is 0. The molecule has 2 aromatic rings. The lowest BCUT2D eigenvalue weighted by Gasteiger charge is -2.32. The van der Waals surface area contributed by atoms with Crippen molar-refractivity contribution in [2.45, 2.75) is 25.8 Å². The number of amides is 2. The molecule has 0 radical (unpaired) electrons. The van der Waals surface area contributed by atoms with E-state index in [0.29, 0.717) is 6.54 Å². The number of nitrogens with one attached hydrogen (secondary N) is 2. The summed E-state index contributed by atoms with van der Waals surface area (Å²) in [6, 6.07) is 7.53. The van der Waals surface area contributed by atoms with Gasteiger partial charge in [-0.2, -0.15) is 0 Å². The van der Waals surface area contributed by atoms with Crippen LogP contribution in [0.4, 0.5) is 4.79 Å². The van der Waals surface area contributed by atoms with E-state index in [1.165, 1.54) is 0 Å². The first-order valence-electron chi connectivity index (χ1n) is 7.78. The van der Waals surface area contributed by atoms with E-state index in [1.54, 1.807) is 4.90 Å². The number of aliphatic hydroxyl groups excluding tert-OH is 1. The second-order valence-corrected chi connectivity index (χ2v) is 5.95. The summed E-state index contributed by atoms with van der Waals surface area (Å²) < 4.78 is 0. The molecule has 2 unspecified atom stereocenters. The minimum Gasteiger partial charge on any atom is -0.396 e. The Morgan fingerprint density at radius 2 is 2.36 bits per heavy atom. The molecule has 1 aliphatic heterocycles. The van der Waals surface area contributed by atoms with Crippen LogP contribution < -0.4 is 5.32 Å². The molecule has 6 nitrogen and oxygen atoms in total. The normalized spacial score (nSPS) is 20.1. The predicted octanol–water partition coefficient (Wildman–Crippen LogP) is 2.04. The van der Waals surface area contributed by atoms with Gasteiger partial charge in [-0.05, 0) is 37.8 Å². The number of aromatic nitrogens is 2. The second kappa shape index (κ2) is 6.36. The topological polar surface area (TPSA) is 81.2 Å². The van der Waals surface area contributed by atoms with Gasteiger partial charge < -0.3 is 20.3 Å². The van der Waals surface area contributed by atoms with Crippen LogP contribution in [0.1, 0.15) is 31.6 Å². The Morgan fingerprint density at radius 3 is 3.14 bits per heavy atom. The molecule has 3 N–H and O–H groups in total. The van der Waals surface area contributed by atoms with Crippen LogP contribution in [-0.2, 0) is 0 Å². The monoisotopic (exact) mass is 302 g/mol. The molecule has 22 heavy (non-hydrogen) atoms. The zero-order valence-corrected chi connectivity index (χ0v) is 12.7. The van der Waals surface area contributed by atoms with Crippen LogP contribution in [0.5, 0.6) is 0 Å². The summed E-state index contributed by atoms with van der Waals surface area (Å²) in [6.07, 6.45) is 1.93. The molecule has 0 spiro atoms. The maximum atomic E-state index is 12.4. The third kappa shape index (κ3) is 3.06. The fraction of sp³-hybridized carbons (Fsp3) is 0.500.